The van der Waals surface area contributed by atoms with Crippen molar-refractivity contribution in [2.75, 3.05) is 24.1 Å². The van der Waals surface area contributed by atoms with Gasteiger partial charge in [-0.3, -0.25) is 0 Å². The van der Waals surface area contributed by atoms with E-state index in [1.54, 1.807) is 0 Å². The molecule has 82 valence electrons. The highest BCUT2D eigenvalue weighted by Gasteiger charge is 2.05. The Hall–Kier alpha value is -1.69. The fourth-order valence-electron chi connectivity index (χ4n) is 1.17. The van der Waals surface area contributed by atoms with E-state index in [0.29, 0.717) is 23.7 Å². The lowest BCUT2D eigenvalue weighted by atomic mass is 10.2. The summed E-state index contributed by atoms with van der Waals surface area (Å²) in [5, 5.41) is 10.3. The van der Waals surface area contributed by atoms with E-state index in [9.17, 15) is 0 Å². The average Bonchev–Trinajstić information content (AvgIpc) is 2.24. The summed E-state index contributed by atoms with van der Waals surface area (Å²) >= 11 is 0. The molecule has 0 aliphatic carbocycles. The predicted molar refractivity (Wildman–Crippen MR) is 61.1 cm³/mol. The summed E-state index contributed by atoms with van der Waals surface area (Å²) in [7, 11) is 0. The van der Waals surface area contributed by atoms with Gasteiger partial charge in [0.25, 0.3) is 0 Å². The third-order valence-corrected chi connectivity index (χ3v) is 1.98. The Morgan fingerprint density at radius 1 is 1.40 bits per heavy atom. The van der Waals surface area contributed by atoms with E-state index in [1.807, 2.05) is 0 Å². The largest absolute Gasteiger partial charge is 0.383 e. The first-order valence-electron chi connectivity index (χ1n) is 4.84. The highest BCUT2D eigenvalue weighted by atomic mass is 15.0. The molecule has 1 aromatic rings. The molecule has 0 amide bonds. The van der Waals surface area contributed by atoms with Crippen LogP contribution < -0.4 is 16.8 Å². The quantitative estimate of drug-likeness (QED) is 0.394. The highest BCUT2D eigenvalue weighted by molar-refractivity contribution is 5.89. The molecule has 1 rings (SSSR count). The van der Waals surface area contributed by atoms with E-state index in [2.05, 4.69) is 15.3 Å². The first-order valence-corrected chi connectivity index (χ1v) is 4.84. The van der Waals surface area contributed by atoms with Gasteiger partial charge < -0.3 is 22.2 Å². The first-order chi connectivity index (χ1) is 7.29. The van der Waals surface area contributed by atoms with Crippen LogP contribution in [0.2, 0.25) is 0 Å². The van der Waals surface area contributed by atoms with E-state index in [-0.39, 0.29) is 0 Å². The van der Waals surface area contributed by atoms with Crippen LogP contribution in [0.5, 0.6) is 0 Å². The fraction of sp³-hybridized carbons (Fsp3) is 0.444. The van der Waals surface area contributed by atoms with E-state index >= 15 is 0 Å². The molecule has 6 nitrogen and oxygen atoms in total. The van der Waals surface area contributed by atoms with Gasteiger partial charge in [0.2, 0.25) is 0 Å². The van der Waals surface area contributed by atoms with E-state index in [1.165, 1.54) is 6.33 Å². The van der Waals surface area contributed by atoms with Crippen LogP contribution in [0.3, 0.4) is 0 Å². The Kier molecular flexibility index (Phi) is 4.49. The third-order valence-electron chi connectivity index (χ3n) is 1.98. The van der Waals surface area contributed by atoms with Crippen molar-refractivity contribution in [3.05, 3.63) is 11.9 Å². The summed E-state index contributed by atoms with van der Waals surface area (Å²) in [5.41, 5.74) is 11.5. The van der Waals surface area contributed by atoms with Gasteiger partial charge in [0.15, 0.2) is 0 Å². The molecule has 0 aliphatic heterocycles. The molecule has 0 fully saturated rings. The zero-order chi connectivity index (χ0) is 11.1. The van der Waals surface area contributed by atoms with Gasteiger partial charge in [-0.25, -0.2) is 9.97 Å². The maximum Gasteiger partial charge on any atom is 0.140 e. The number of nitrogen functional groups attached to an aromatic ring is 1. The molecular formula is C9H16N6. The van der Waals surface area contributed by atoms with Crippen LogP contribution in [-0.2, 0) is 0 Å². The summed E-state index contributed by atoms with van der Waals surface area (Å²) in [5.74, 6) is 0.927. The van der Waals surface area contributed by atoms with Crippen molar-refractivity contribution >= 4 is 17.9 Å². The normalized spacial score (nSPS) is 9.93. The van der Waals surface area contributed by atoms with Gasteiger partial charge in [-0.15, -0.1) is 0 Å². The lowest BCUT2D eigenvalue weighted by Crippen LogP contribution is -2.10. The summed E-state index contributed by atoms with van der Waals surface area (Å²) < 4.78 is 0. The molecule has 0 atom stereocenters. The van der Waals surface area contributed by atoms with Crippen LogP contribution in [-0.4, -0.2) is 29.3 Å². The number of nitrogens with zero attached hydrogens (tertiary/aromatic N) is 2. The maximum atomic E-state index is 7.20. The molecule has 0 bridgehead atoms. The molecule has 1 aromatic heterocycles. The van der Waals surface area contributed by atoms with Crippen LogP contribution in [0.15, 0.2) is 6.33 Å². The first kappa shape index (κ1) is 11.4. The Morgan fingerprint density at radius 2 is 2.20 bits per heavy atom. The van der Waals surface area contributed by atoms with Crippen molar-refractivity contribution in [3.8, 4) is 0 Å². The van der Waals surface area contributed by atoms with Crippen LogP contribution in [0.4, 0.5) is 11.6 Å². The Bertz CT molecular complexity index is 324. The van der Waals surface area contributed by atoms with Crippen molar-refractivity contribution in [2.45, 2.75) is 12.8 Å². The number of hydrogen-bond acceptors (Lipinski definition) is 6. The minimum Gasteiger partial charge on any atom is -0.383 e. The second-order valence-corrected chi connectivity index (χ2v) is 3.09. The van der Waals surface area contributed by atoms with Gasteiger partial charge >= 0.3 is 0 Å². The van der Waals surface area contributed by atoms with E-state index < -0.39 is 0 Å². The number of nitrogens with two attached hydrogens (primary N) is 2. The van der Waals surface area contributed by atoms with E-state index in [4.69, 9.17) is 16.9 Å². The lowest BCUT2D eigenvalue weighted by molar-refractivity contribution is 0.772. The van der Waals surface area contributed by atoms with Crippen LogP contribution >= 0.6 is 0 Å². The lowest BCUT2D eigenvalue weighted by Gasteiger charge is -2.08. The zero-order valence-corrected chi connectivity index (χ0v) is 8.53. The molecule has 0 aromatic carbocycles. The van der Waals surface area contributed by atoms with Crippen molar-refractivity contribution in [1.82, 2.24) is 9.97 Å². The SMILES string of the molecule is N=Cc1c(N)ncnc1NCCCCN. The summed E-state index contributed by atoms with van der Waals surface area (Å²) in [6.45, 7) is 1.46. The minimum absolute atomic E-state index is 0.321. The number of aromatic nitrogens is 2. The van der Waals surface area contributed by atoms with Crippen molar-refractivity contribution in [3.63, 3.8) is 0 Å². The second kappa shape index (κ2) is 5.92. The highest BCUT2D eigenvalue weighted by Crippen LogP contribution is 2.13. The predicted octanol–water partition coefficient (Wildman–Crippen LogP) is 0.207. The number of anilines is 2. The molecule has 15 heavy (non-hydrogen) atoms. The van der Waals surface area contributed by atoms with Crippen LogP contribution in [0.1, 0.15) is 18.4 Å². The van der Waals surface area contributed by atoms with Gasteiger partial charge in [-0.1, -0.05) is 0 Å². The number of nitrogens with one attached hydrogen (secondary N) is 2. The molecule has 0 saturated heterocycles. The van der Waals surface area contributed by atoms with Gasteiger partial charge in [0.05, 0.1) is 5.56 Å². The zero-order valence-electron chi connectivity index (χ0n) is 8.53. The van der Waals surface area contributed by atoms with Crippen molar-refractivity contribution in [2.24, 2.45) is 5.73 Å². The number of rotatable bonds is 6. The number of hydrogen-bond donors (Lipinski definition) is 4. The van der Waals surface area contributed by atoms with Crippen molar-refractivity contribution in [1.29, 1.82) is 5.41 Å². The Morgan fingerprint density at radius 3 is 2.87 bits per heavy atom. The summed E-state index contributed by atoms with van der Waals surface area (Å²) in [6, 6.07) is 0. The van der Waals surface area contributed by atoms with E-state index in [0.717, 1.165) is 25.6 Å². The molecule has 0 radical (unpaired) electrons. The Balaban J connectivity index is 2.60. The van der Waals surface area contributed by atoms with Crippen LogP contribution in [0, 0.1) is 5.41 Å². The summed E-state index contributed by atoms with van der Waals surface area (Å²) in [6.07, 6.45) is 4.47. The third kappa shape index (κ3) is 3.17. The molecular weight excluding hydrogens is 192 g/mol. The Labute approximate surface area is 88.6 Å². The molecule has 0 saturated carbocycles. The topological polar surface area (TPSA) is 114 Å². The van der Waals surface area contributed by atoms with Gasteiger partial charge in [-0.2, -0.15) is 0 Å². The molecule has 0 spiro atoms. The fourth-order valence-corrected chi connectivity index (χ4v) is 1.17. The van der Waals surface area contributed by atoms with Gasteiger partial charge in [0.1, 0.15) is 18.0 Å². The summed E-state index contributed by atoms with van der Waals surface area (Å²) in [4.78, 5) is 7.83. The molecule has 1 heterocycles. The molecule has 6 N–H and O–H groups in total. The maximum absolute atomic E-state index is 7.20. The molecule has 6 heteroatoms. The smallest absolute Gasteiger partial charge is 0.140 e. The second-order valence-electron chi connectivity index (χ2n) is 3.09. The van der Waals surface area contributed by atoms with Gasteiger partial charge in [-0.05, 0) is 19.4 Å². The van der Waals surface area contributed by atoms with Gasteiger partial charge in [0, 0.05) is 12.8 Å². The monoisotopic (exact) mass is 208 g/mol. The van der Waals surface area contributed by atoms with Crippen molar-refractivity contribution < 1.29 is 0 Å². The molecule has 0 aliphatic rings. The average molecular weight is 208 g/mol. The van der Waals surface area contributed by atoms with Crippen LogP contribution in [0.25, 0.3) is 0 Å². The number of unbranched alkanes of at least 4 members (excludes halogenated alkanes) is 1. The molecule has 0 unspecified atom stereocenters. The standard InChI is InChI=1S/C9H16N6/c10-3-1-2-4-13-9-7(5-11)8(12)14-6-15-9/h5-6,11H,1-4,10H2,(H3,12,13,14,15). The minimum atomic E-state index is 0.321.